The Morgan fingerprint density at radius 1 is 1.11 bits per heavy atom. The minimum atomic E-state index is 0.205. The maximum Gasteiger partial charge on any atom is 0.277 e. The summed E-state index contributed by atoms with van der Waals surface area (Å²) in [6.45, 7) is 7.09. The molecule has 1 aliphatic rings. The van der Waals surface area contributed by atoms with E-state index in [1.807, 2.05) is 30.1 Å². The minimum absolute atomic E-state index is 0.205. The maximum absolute atomic E-state index is 12.6. The summed E-state index contributed by atoms with van der Waals surface area (Å²) in [5.74, 6) is 1.12. The van der Waals surface area contributed by atoms with Crippen LogP contribution >= 0.6 is 0 Å². The Balaban J connectivity index is 1.49. The molecule has 1 fully saturated rings. The number of hydrogen-bond donors (Lipinski definition) is 1. The number of amides is 1. The molecule has 1 aliphatic heterocycles. The lowest BCUT2D eigenvalue weighted by Gasteiger charge is -2.34. The van der Waals surface area contributed by atoms with Crippen molar-refractivity contribution >= 4 is 11.6 Å². The first-order chi connectivity index (χ1) is 13.1. The van der Waals surface area contributed by atoms with Crippen LogP contribution in [0.15, 0.2) is 48.5 Å². The molecule has 5 nitrogen and oxygen atoms in total. The Hall–Kier alpha value is -2.53. The standard InChI is InChI=1S/C22H29N3O2/c1-18-8-10-19(11-9-18)16-23(2)22(26)17-24-12-14-25(15-13-24)20-6-4-5-7-21(20)27-3/h4-11H,12-17H2,1-3H3/p+1. The van der Waals surface area contributed by atoms with Gasteiger partial charge in [0.1, 0.15) is 5.75 Å². The summed E-state index contributed by atoms with van der Waals surface area (Å²) >= 11 is 0. The molecule has 5 heteroatoms. The van der Waals surface area contributed by atoms with E-state index in [-0.39, 0.29) is 5.91 Å². The van der Waals surface area contributed by atoms with Gasteiger partial charge in [0, 0.05) is 13.6 Å². The molecule has 1 amide bonds. The fourth-order valence-corrected chi connectivity index (χ4v) is 3.54. The third-order valence-electron chi connectivity index (χ3n) is 5.26. The molecule has 144 valence electrons. The maximum atomic E-state index is 12.6. The molecule has 0 unspecified atom stereocenters. The van der Waals surface area contributed by atoms with E-state index in [9.17, 15) is 4.79 Å². The largest absolute Gasteiger partial charge is 0.495 e. The number of carbonyl (C=O) groups excluding carboxylic acids is 1. The summed E-state index contributed by atoms with van der Waals surface area (Å²) in [6, 6.07) is 16.5. The normalized spacial score (nSPS) is 14.9. The molecule has 0 radical (unpaired) electrons. The highest BCUT2D eigenvalue weighted by Crippen LogP contribution is 2.27. The Morgan fingerprint density at radius 2 is 1.78 bits per heavy atom. The van der Waals surface area contributed by atoms with Gasteiger partial charge in [-0.05, 0) is 24.6 Å². The van der Waals surface area contributed by atoms with Gasteiger partial charge < -0.3 is 19.4 Å². The molecule has 2 aromatic rings. The minimum Gasteiger partial charge on any atom is -0.495 e. The molecule has 27 heavy (non-hydrogen) atoms. The molecule has 1 N–H and O–H groups in total. The van der Waals surface area contributed by atoms with Crippen LogP contribution in [0.25, 0.3) is 0 Å². The number of quaternary nitrogens is 1. The van der Waals surface area contributed by atoms with E-state index in [1.165, 1.54) is 16.0 Å². The zero-order valence-electron chi connectivity index (χ0n) is 16.6. The Bertz CT molecular complexity index is 752. The van der Waals surface area contributed by atoms with Crippen LogP contribution in [0.2, 0.25) is 0 Å². The number of benzene rings is 2. The first-order valence-electron chi connectivity index (χ1n) is 9.58. The highest BCUT2D eigenvalue weighted by molar-refractivity contribution is 5.76. The van der Waals surface area contributed by atoms with Crippen molar-refractivity contribution in [2.75, 3.05) is 51.8 Å². The fourth-order valence-electron chi connectivity index (χ4n) is 3.54. The Kier molecular flexibility index (Phi) is 6.35. The van der Waals surface area contributed by atoms with E-state index in [2.05, 4.69) is 42.2 Å². The van der Waals surface area contributed by atoms with Crippen molar-refractivity contribution in [3.8, 4) is 5.75 Å². The number of nitrogens with zero attached hydrogens (tertiary/aromatic N) is 2. The fraction of sp³-hybridized carbons (Fsp3) is 0.409. The van der Waals surface area contributed by atoms with E-state index in [0.717, 1.165) is 37.6 Å². The zero-order chi connectivity index (χ0) is 19.2. The molecule has 0 aliphatic carbocycles. The second kappa shape index (κ2) is 8.91. The van der Waals surface area contributed by atoms with Crippen LogP contribution in [0.4, 0.5) is 5.69 Å². The number of nitrogens with one attached hydrogen (secondary N) is 1. The van der Waals surface area contributed by atoms with Gasteiger partial charge >= 0.3 is 0 Å². The molecule has 0 spiro atoms. The molecule has 2 aromatic carbocycles. The van der Waals surface area contributed by atoms with Crippen molar-refractivity contribution in [2.45, 2.75) is 13.5 Å². The van der Waals surface area contributed by atoms with Crippen LogP contribution in [0.1, 0.15) is 11.1 Å². The van der Waals surface area contributed by atoms with Gasteiger partial charge in [0.05, 0.1) is 39.0 Å². The van der Waals surface area contributed by atoms with E-state index in [1.54, 1.807) is 7.11 Å². The predicted octanol–water partition coefficient (Wildman–Crippen LogP) is 1.37. The second-order valence-electron chi connectivity index (χ2n) is 7.32. The third kappa shape index (κ3) is 5.01. The zero-order valence-corrected chi connectivity index (χ0v) is 16.6. The predicted molar refractivity (Wildman–Crippen MR) is 108 cm³/mol. The smallest absolute Gasteiger partial charge is 0.277 e. The molecule has 0 bridgehead atoms. The number of hydrogen-bond acceptors (Lipinski definition) is 3. The average Bonchev–Trinajstić information content (AvgIpc) is 2.70. The number of methoxy groups -OCH3 is 1. The summed E-state index contributed by atoms with van der Waals surface area (Å²) < 4.78 is 5.48. The molecular formula is C22H30N3O2+. The molecule has 3 rings (SSSR count). The monoisotopic (exact) mass is 368 g/mol. The summed E-state index contributed by atoms with van der Waals surface area (Å²) in [6.07, 6.45) is 0. The average molecular weight is 369 g/mol. The summed E-state index contributed by atoms with van der Waals surface area (Å²) in [5, 5.41) is 0. The second-order valence-corrected chi connectivity index (χ2v) is 7.32. The van der Waals surface area contributed by atoms with Gasteiger partial charge in [0.2, 0.25) is 0 Å². The van der Waals surface area contributed by atoms with Gasteiger partial charge in [-0.1, -0.05) is 42.0 Å². The van der Waals surface area contributed by atoms with Crippen molar-refractivity contribution in [2.24, 2.45) is 0 Å². The van der Waals surface area contributed by atoms with Crippen molar-refractivity contribution in [1.29, 1.82) is 0 Å². The third-order valence-corrected chi connectivity index (χ3v) is 5.26. The number of piperazine rings is 1. The molecular weight excluding hydrogens is 338 g/mol. The number of rotatable bonds is 6. The van der Waals surface area contributed by atoms with Crippen LogP contribution < -0.4 is 14.5 Å². The SMILES string of the molecule is COc1ccccc1N1CC[NH+](CC(=O)N(C)Cc2ccc(C)cc2)CC1. The highest BCUT2D eigenvalue weighted by atomic mass is 16.5. The molecule has 0 atom stereocenters. The van der Waals surface area contributed by atoms with Crippen molar-refractivity contribution in [3.63, 3.8) is 0 Å². The van der Waals surface area contributed by atoms with Crippen molar-refractivity contribution in [1.82, 2.24) is 4.90 Å². The van der Waals surface area contributed by atoms with Crippen LogP contribution in [0.3, 0.4) is 0 Å². The van der Waals surface area contributed by atoms with Gasteiger partial charge in [0.25, 0.3) is 5.91 Å². The van der Waals surface area contributed by atoms with E-state index in [0.29, 0.717) is 13.1 Å². The lowest BCUT2D eigenvalue weighted by Crippen LogP contribution is -3.15. The molecule has 1 saturated heterocycles. The van der Waals surface area contributed by atoms with Crippen molar-refractivity contribution < 1.29 is 14.4 Å². The summed E-state index contributed by atoms with van der Waals surface area (Å²) in [7, 11) is 3.61. The summed E-state index contributed by atoms with van der Waals surface area (Å²) in [4.78, 5) is 18.1. The van der Waals surface area contributed by atoms with E-state index < -0.39 is 0 Å². The van der Waals surface area contributed by atoms with Crippen LogP contribution in [0.5, 0.6) is 5.75 Å². The number of anilines is 1. The number of para-hydroxylation sites is 2. The first-order valence-corrected chi connectivity index (χ1v) is 9.58. The molecule has 0 saturated carbocycles. The van der Waals surface area contributed by atoms with Crippen LogP contribution in [-0.2, 0) is 11.3 Å². The van der Waals surface area contributed by atoms with E-state index >= 15 is 0 Å². The topological polar surface area (TPSA) is 37.2 Å². The Labute approximate surface area is 162 Å². The number of ether oxygens (including phenoxy) is 1. The van der Waals surface area contributed by atoms with E-state index in [4.69, 9.17) is 4.74 Å². The van der Waals surface area contributed by atoms with Gasteiger partial charge in [-0.15, -0.1) is 0 Å². The number of aryl methyl sites for hydroxylation is 1. The first kappa shape index (κ1) is 19.2. The van der Waals surface area contributed by atoms with Gasteiger partial charge in [-0.2, -0.15) is 0 Å². The lowest BCUT2D eigenvalue weighted by atomic mass is 10.1. The van der Waals surface area contributed by atoms with Gasteiger partial charge in [-0.3, -0.25) is 4.79 Å². The Morgan fingerprint density at radius 3 is 2.44 bits per heavy atom. The molecule has 0 aromatic heterocycles. The number of likely N-dealkylation sites (N-methyl/N-ethyl adjacent to an activating group) is 1. The van der Waals surface area contributed by atoms with Crippen molar-refractivity contribution in [3.05, 3.63) is 59.7 Å². The van der Waals surface area contributed by atoms with Crippen LogP contribution in [0, 0.1) is 6.92 Å². The van der Waals surface area contributed by atoms with Gasteiger partial charge in [0.15, 0.2) is 6.54 Å². The molecule has 1 heterocycles. The lowest BCUT2D eigenvalue weighted by molar-refractivity contribution is -0.892. The number of carbonyl (C=O) groups is 1. The van der Waals surface area contributed by atoms with Crippen LogP contribution in [-0.4, -0.2) is 57.7 Å². The quantitative estimate of drug-likeness (QED) is 0.837. The summed E-state index contributed by atoms with van der Waals surface area (Å²) in [5.41, 5.74) is 3.55. The highest BCUT2D eigenvalue weighted by Gasteiger charge is 2.25. The van der Waals surface area contributed by atoms with Gasteiger partial charge in [-0.25, -0.2) is 0 Å².